The molecule has 0 aromatic heterocycles. The van der Waals surface area contributed by atoms with Crippen LogP contribution in [0.15, 0.2) is 24.3 Å². The summed E-state index contributed by atoms with van der Waals surface area (Å²) in [5.74, 6) is -4.69. The second-order valence-corrected chi connectivity index (χ2v) is 4.72. The number of halogens is 1. The monoisotopic (exact) mass is 309 g/mol. The van der Waals surface area contributed by atoms with Gasteiger partial charge in [-0.3, -0.25) is 19.3 Å². The summed E-state index contributed by atoms with van der Waals surface area (Å²) in [5, 5.41) is 8.95. The van der Waals surface area contributed by atoms with Crippen molar-refractivity contribution in [1.29, 1.82) is 0 Å². The lowest BCUT2D eigenvalue weighted by Crippen LogP contribution is -2.60. The molecular weight excluding hydrogens is 297 g/mol. The van der Waals surface area contributed by atoms with E-state index in [1.165, 1.54) is 24.3 Å². The molecule has 0 spiro atoms. The molecule has 0 fully saturated rings. The average Bonchev–Trinajstić information content (AvgIpc) is 2.76. The minimum Gasteiger partial charge on any atom is -0.481 e. The van der Waals surface area contributed by atoms with Crippen molar-refractivity contribution in [3.63, 3.8) is 0 Å². The summed E-state index contributed by atoms with van der Waals surface area (Å²) in [6.07, 6.45) is -1.08. The van der Waals surface area contributed by atoms with Crippen LogP contribution in [0.5, 0.6) is 0 Å². The highest BCUT2D eigenvalue weighted by Gasteiger charge is 2.56. The topological polar surface area (TPSA) is 101 Å². The van der Waals surface area contributed by atoms with Crippen molar-refractivity contribution in [2.75, 3.05) is 13.8 Å². The number of esters is 1. The maximum absolute atomic E-state index is 13.6. The number of carbonyl (C=O) groups is 4. The Bertz CT molecular complexity index is 638. The van der Waals surface area contributed by atoms with E-state index >= 15 is 0 Å². The van der Waals surface area contributed by atoms with Crippen molar-refractivity contribution in [2.24, 2.45) is 0 Å². The molecule has 1 aliphatic heterocycles. The number of benzene rings is 1. The van der Waals surface area contributed by atoms with Crippen LogP contribution in [0.25, 0.3) is 0 Å². The van der Waals surface area contributed by atoms with Crippen molar-refractivity contribution in [3.8, 4) is 0 Å². The number of carboxylic acids is 1. The van der Waals surface area contributed by atoms with Crippen LogP contribution in [0.4, 0.5) is 4.39 Å². The number of amides is 2. The number of imide groups is 1. The summed E-state index contributed by atoms with van der Waals surface area (Å²) in [6.45, 7) is -1.56. The second kappa shape index (κ2) is 5.55. The van der Waals surface area contributed by atoms with Gasteiger partial charge in [-0.25, -0.2) is 9.18 Å². The Morgan fingerprint density at radius 2 is 1.73 bits per heavy atom. The largest absolute Gasteiger partial charge is 0.481 e. The molecular formula is C14H12FNO6. The minimum absolute atomic E-state index is 0.0142. The van der Waals surface area contributed by atoms with Gasteiger partial charge >= 0.3 is 11.9 Å². The van der Waals surface area contributed by atoms with E-state index in [0.29, 0.717) is 4.90 Å². The van der Waals surface area contributed by atoms with Gasteiger partial charge < -0.3 is 9.84 Å². The normalized spacial score (nSPS) is 16.2. The number of aliphatic carboxylic acids is 1. The molecule has 1 unspecified atom stereocenters. The quantitative estimate of drug-likeness (QED) is 0.632. The van der Waals surface area contributed by atoms with Crippen LogP contribution >= 0.6 is 0 Å². The zero-order valence-corrected chi connectivity index (χ0v) is 11.5. The zero-order chi connectivity index (χ0) is 16.5. The molecule has 0 aliphatic carbocycles. The smallest absolute Gasteiger partial charge is 0.335 e. The third kappa shape index (κ3) is 2.12. The average molecular weight is 309 g/mol. The molecule has 7 nitrogen and oxygen atoms in total. The Kier molecular flexibility index (Phi) is 3.94. The van der Waals surface area contributed by atoms with E-state index in [1.807, 2.05) is 0 Å². The number of alkyl halides is 1. The van der Waals surface area contributed by atoms with Gasteiger partial charge in [0, 0.05) is 0 Å². The molecule has 0 bridgehead atoms. The Hall–Kier alpha value is -2.77. The molecule has 2 amide bonds. The van der Waals surface area contributed by atoms with Gasteiger partial charge in [0.15, 0.2) is 5.54 Å². The number of carbonyl (C=O) groups excluding carboxylic acids is 3. The predicted molar refractivity (Wildman–Crippen MR) is 69.9 cm³/mol. The van der Waals surface area contributed by atoms with E-state index in [0.717, 1.165) is 7.11 Å². The molecule has 116 valence electrons. The van der Waals surface area contributed by atoms with Crippen LogP contribution in [-0.2, 0) is 14.3 Å². The van der Waals surface area contributed by atoms with Crippen LogP contribution in [0, 0.1) is 0 Å². The SMILES string of the molecule is COC(=O)C(CF)(CC(=O)O)N1C(=O)c2ccccc2C1=O. The van der Waals surface area contributed by atoms with Gasteiger partial charge in [-0.2, -0.15) is 0 Å². The fourth-order valence-corrected chi connectivity index (χ4v) is 2.42. The summed E-state index contributed by atoms with van der Waals surface area (Å²) in [5.41, 5.74) is -2.55. The van der Waals surface area contributed by atoms with E-state index in [-0.39, 0.29) is 11.1 Å². The van der Waals surface area contributed by atoms with Gasteiger partial charge in [0.05, 0.1) is 24.7 Å². The molecule has 1 aromatic rings. The van der Waals surface area contributed by atoms with Gasteiger partial charge in [0.25, 0.3) is 11.8 Å². The number of carboxylic acid groups (broad SMARTS) is 1. The first kappa shape index (κ1) is 15.6. The third-order valence-electron chi connectivity index (χ3n) is 3.45. The Balaban J connectivity index is 2.59. The summed E-state index contributed by atoms with van der Waals surface area (Å²) < 4.78 is 18.0. The fraction of sp³-hybridized carbons (Fsp3) is 0.286. The van der Waals surface area contributed by atoms with Crippen LogP contribution in [0.2, 0.25) is 0 Å². The maximum Gasteiger partial charge on any atom is 0.335 e. The second-order valence-electron chi connectivity index (χ2n) is 4.72. The predicted octanol–water partition coefficient (Wildman–Crippen LogP) is 0.639. The molecule has 0 saturated heterocycles. The molecule has 1 N–H and O–H groups in total. The van der Waals surface area contributed by atoms with Crippen molar-refractivity contribution >= 4 is 23.8 Å². The number of methoxy groups -OCH3 is 1. The summed E-state index contributed by atoms with van der Waals surface area (Å²) in [6, 6.07) is 5.69. The highest BCUT2D eigenvalue weighted by Crippen LogP contribution is 2.33. The first-order valence-corrected chi connectivity index (χ1v) is 6.23. The highest BCUT2D eigenvalue weighted by atomic mass is 19.1. The summed E-state index contributed by atoms with van der Waals surface area (Å²) in [4.78, 5) is 48.0. The maximum atomic E-state index is 13.6. The number of nitrogens with zero attached hydrogens (tertiary/aromatic N) is 1. The number of hydrogen-bond donors (Lipinski definition) is 1. The Morgan fingerprint density at radius 3 is 2.09 bits per heavy atom. The highest BCUT2D eigenvalue weighted by molar-refractivity contribution is 6.23. The number of ether oxygens (including phenoxy) is 1. The molecule has 22 heavy (non-hydrogen) atoms. The van der Waals surface area contributed by atoms with Gasteiger partial charge in [0.1, 0.15) is 6.67 Å². The Morgan fingerprint density at radius 1 is 1.23 bits per heavy atom. The van der Waals surface area contributed by atoms with Crippen LogP contribution in [0.3, 0.4) is 0 Å². The molecule has 0 saturated carbocycles. The molecule has 1 aliphatic rings. The van der Waals surface area contributed by atoms with E-state index in [2.05, 4.69) is 4.74 Å². The molecule has 1 aromatic carbocycles. The van der Waals surface area contributed by atoms with E-state index in [1.54, 1.807) is 0 Å². The zero-order valence-electron chi connectivity index (χ0n) is 11.5. The molecule has 0 radical (unpaired) electrons. The first-order valence-electron chi connectivity index (χ1n) is 6.23. The molecule has 1 atom stereocenters. The van der Waals surface area contributed by atoms with Crippen molar-refractivity contribution < 1.29 is 33.4 Å². The lowest BCUT2D eigenvalue weighted by Gasteiger charge is -2.34. The third-order valence-corrected chi connectivity index (χ3v) is 3.45. The van der Waals surface area contributed by atoms with Gasteiger partial charge in [-0.05, 0) is 12.1 Å². The van der Waals surface area contributed by atoms with E-state index in [9.17, 15) is 23.6 Å². The lowest BCUT2D eigenvalue weighted by atomic mass is 9.94. The van der Waals surface area contributed by atoms with Gasteiger partial charge in [-0.15, -0.1) is 0 Å². The molecule has 2 rings (SSSR count). The summed E-state index contributed by atoms with van der Waals surface area (Å²) in [7, 11) is 0.923. The summed E-state index contributed by atoms with van der Waals surface area (Å²) >= 11 is 0. The van der Waals surface area contributed by atoms with Gasteiger partial charge in [0.2, 0.25) is 0 Å². The first-order chi connectivity index (χ1) is 10.4. The van der Waals surface area contributed by atoms with Crippen LogP contribution in [-0.4, -0.2) is 53.1 Å². The van der Waals surface area contributed by atoms with Gasteiger partial charge in [-0.1, -0.05) is 12.1 Å². The van der Waals surface area contributed by atoms with Crippen LogP contribution < -0.4 is 0 Å². The van der Waals surface area contributed by atoms with Crippen molar-refractivity contribution in [3.05, 3.63) is 35.4 Å². The minimum atomic E-state index is -2.52. The fourth-order valence-electron chi connectivity index (χ4n) is 2.42. The Labute approximate surface area is 124 Å². The van der Waals surface area contributed by atoms with E-state index < -0.39 is 42.4 Å². The standard InChI is InChI=1S/C14H12FNO6/c1-22-13(21)14(7-15,6-10(17)18)16-11(19)8-4-2-3-5-9(8)12(16)20/h2-5H,6-7H2,1H3,(H,17,18). The lowest BCUT2D eigenvalue weighted by molar-refractivity contribution is -0.159. The number of rotatable bonds is 5. The van der Waals surface area contributed by atoms with E-state index in [4.69, 9.17) is 5.11 Å². The molecule has 8 heteroatoms. The van der Waals surface area contributed by atoms with Crippen molar-refractivity contribution in [2.45, 2.75) is 12.0 Å². The number of fused-ring (bicyclic) bond motifs is 1. The molecule has 1 heterocycles. The number of hydrogen-bond acceptors (Lipinski definition) is 5. The van der Waals surface area contributed by atoms with Crippen molar-refractivity contribution in [1.82, 2.24) is 4.90 Å². The van der Waals surface area contributed by atoms with Crippen LogP contribution in [0.1, 0.15) is 27.1 Å².